The number of aliphatic hydroxyl groups excluding tert-OH is 2. The van der Waals surface area contributed by atoms with Crippen LogP contribution in [0.4, 0.5) is 0 Å². The molecule has 0 radical (unpaired) electrons. The maximum Gasteiger partial charge on any atom is 0.305 e. The van der Waals surface area contributed by atoms with Gasteiger partial charge in [-0.2, -0.15) is 0 Å². The van der Waals surface area contributed by atoms with Gasteiger partial charge in [0.15, 0.2) is 0 Å². The number of nitrogens with one attached hydrogen (secondary N) is 1. The van der Waals surface area contributed by atoms with Gasteiger partial charge in [0.25, 0.3) is 0 Å². The molecule has 3 N–H and O–H groups in total. The molecule has 0 aliphatic rings. The van der Waals surface area contributed by atoms with Crippen LogP contribution in [0.5, 0.6) is 0 Å². The zero-order valence-electron chi connectivity index (χ0n) is 47.0. The van der Waals surface area contributed by atoms with Crippen LogP contribution in [-0.2, 0) is 14.3 Å². The summed E-state index contributed by atoms with van der Waals surface area (Å²) in [5, 5.41) is 23.4. The van der Waals surface area contributed by atoms with E-state index in [9.17, 15) is 19.8 Å². The topological polar surface area (TPSA) is 95.9 Å². The van der Waals surface area contributed by atoms with Crippen LogP contribution in [-0.4, -0.2) is 47.4 Å². The van der Waals surface area contributed by atoms with Crippen molar-refractivity contribution in [3.63, 3.8) is 0 Å². The molecular formula is C64H121NO5. The largest absolute Gasteiger partial charge is 0.466 e. The zero-order valence-corrected chi connectivity index (χ0v) is 47.0. The molecule has 0 spiro atoms. The summed E-state index contributed by atoms with van der Waals surface area (Å²) in [6.45, 7) is 4.91. The molecule has 412 valence electrons. The average Bonchev–Trinajstić information content (AvgIpc) is 3.36. The third-order valence-corrected chi connectivity index (χ3v) is 14.4. The van der Waals surface area contributed by atoms with Gasteiger partial charge >= 0.3 is 5.97 Å². The van der Waals surface area contributed by atoms with E-state index in [2.05, 4.69) is 55.6 Å². The molecular weight excluding hydrogens is 863 g/mol. The molecule has 2 unspecified atom stereocenters. The lowest BCUT2D eigenvalue weighted by Gasteiger charge is -2.22. The fourth-order valence-electron chi connectivity index (χ4n) is 9.63. The molecule has 1 amide bonds. The first-order chi connectivity index (χ1) is 34.5. The molecule has 0 saturated heterocycles. The molecule has 6 nitrogen and oxygen atoms in total. The first-order valence-corrected chi connectivity index (χ1v) is 31.3. The van der Waals surface area contributed by atoms with E-state index in [0.717, 1.165) is 77.0 Å². The number of esters is 1. The molecule has 0 aromatic rings. The molecule has 0 aromatic heterocycles. The molecule has 0 saturated carbocycles. The van der Waals surface area contributed by atoms with E-state index in [0.29, 0.717) is 25.9 Å². The molecule has 0 heterocycles. The fraction of sp³-hybridized carbons (Fsp3) is 0.875. The highest BCUT2D eigenvalue weighted by Crippen LogP contribution is 2.17. The van der Waals surface area contributed by atoms with Crippen molar-refractivity contribution in [2.24, 2.45) is 0 Å². The maximum atomic E-state index is 12.5. The standard InChI is InChI=1S/C64H121NO5/c1-3-5-7-9-11-13-15-17-19-21-22-23-24-25-26-28-32-36-40-44-48-52-56-62(67)61(60-66)65-63(68)57-53-49-45-41-37-33-29-27-31-35-39-43-47-51-55-59-70-64(69)58-54-50-46-42-38-34-30-20-18-16-14-12-10-8-6-4-2/h20,27,30-31,35,39,61-62,66-67H,3-19,21-26,28-29,32-34,36-38,40-60H2,1-2H3,(H,65,68)/b30-20-,31-27-,39-35-. The zero-order chi connectivity index (χ0) is 50.7. The number of hydrogen-bond acceptors (Lipinski definition) is 5. The summed E-state index contributed by atoms with van der Waals surface area (Å²) in [4.78, 5) is 24.6. The van der Waals surface area contributed by atoms with Crippen molar-refractivity contribution < 1.29 is 24.5 Å². The van der Waals surface area contributed by atoms with Gasteiger partial charge in [-0.15, -0.1) is 0 Å². The van der Waals surface area contributed by atoms with Gasteiger partial charge < -0.3 is 20.3 Å². The van der Waals surface area contributed by atoms with Crippen molar-refractivity contribution in [2.75, 3.05) is 13.2 Å². The van der Waals surface area contributed by atoms with Gasteiger partial charge in [-0.05, 0) is 83.5 Å². The Labute approximate surface area is 436 Å². The van der Waals surface area contributed by atoms with Gasteiger partial charge in [-0.1, -0.05) is 275 Å². The van der Waals surface area contributed by atoms with Crippen LogP contribution in [0.2, 0.25) is 0 Å². The van der Waals surface area contributed by atoms with Gasteiger partial charge in [0.2, 0.25) is 5.91 Å². The Kier molecular flexibility index (Phi) is 58.0. The van der Waals surface area contributed by atoms with E-state index in [1.54, 1.807) is 0 Å². The third-order valence-electron chi connectivity index (χ3n) is 14.4. The van der Waals surface area contributed by atoms with E-state index >= 15 is 0 Å². The molecule has 70 heavy (non-hydrogen) atoms. The van der Waals surface area contributed by atoms with Crippen LogP contribution in [0, 0.1) is 0 Å². The number of aliphatic hydroxyl groups is 2. The number of unbranched alkanes of at least 4 members (excludes halogenated alkanes) is 42. The summed E-state index contributed by atoms with van der Waals surface area (Å²) in [5.74, 6) is -0.0835. The van der Waals surface area contributed by atoms with Crippen molar-refractivity contribution in [1.29, 1.82) is 0 Å². The van der Waals surface area contributed by atoms with Crippen LogP contribution in [0.1, 0.15) is 335 Å². The van der Waals surface area contributed by atoms with E-state index in [-0.39, 0.29) is 18.5 Å². The summed E-state index contributed by atoms with van der Waals surface area (Å²) in [6.07, 6.45) is 74.4. The lowest BCUT2D eigenvalue weighted by molar-refractivity contribution is -0.143. The van der Waals surface area contributed by atoms with Gasteiger partial charge in [-0.25, -0.2) is 0 Å². The van der Waals surface area contributed by atoms with Crippen LogP contribution in [0.25, 0.3) is 0 Å². The number of amides is 1. The minimum atomic E-state index is -0.681. The Morgan fingerprint density at radius 3 is 1.10 bits per heavy atom. The Morgan fingerprint density at radius 1 is 0.400 bits per heavy atom. The van der Waals surface area contributed by atoms with E-state index < -0.39 is 12.1 Å². The monoisotopic (exact) mass is 984 g/mol. The summed E-state index contributed by atoms with van der Waals surface area (Å²) >= 11 is 0. The smallest absolute Gasteiger partial charge is 0.305 e. The Morgan fingerprint density at radius 2 is 0.714 bits per heavy atom. The third kappa shape index (κ3) is 55.4. The predicted octanol–water partition coefficient (Wildman–Crippen LogP) is 19.6. The summed E-state index contributed by atoms with van der Waals surface area (Å²) in [6, 6.07) is -0.560. The van der Waals surface area contributed by atoms with Crippen LogP contribution < -0.4 is 5.32 Å². The number of ether oxygens (including phenoxy) is 1. The van der Waals surface area contributed by atoms with E-state index in [4.69, 9.17) is 4.74 Å². The van der Waals surface area contributed by atoms with Crippen molar-refractivity contribution >= 4 is 11.9 Å². The van der Waals surface area contributed by atoms with Crippen LogP contribution in [0.3, 0.4) is 0 Å². The number of hydrogen-bond donors (Lipinski definition) is 3. The SMILES string of the molecule is CCCCCCCCC/C=C\CCCCCCCC(=O)OCCCCC/C=C\C=C/CCCCCCCCC(=O)NC(CO)C(O)CCCCCCCCCCCCCCCCCCCCCCCC. The molecule has 0 aliphatic carbocycles. The number of carbonyl (C=O) groups is 2. The second kappa shape index (κ2) is 59.6. The Bertz CT molecular complexity index is 1130. The number of allylic oxidation sites excluding steroid dienone is 6. The first-order valence-electron chi connectivity index (χ1n) is 31.3. The molecule has 0 bridgehead atoms. The second-order valence-corrected chi connectivity index (χ2v) is 21.4. The van der Waals surface area contributed by atoms with Gasteiger partial charge in [0.05, 0.1) is 25.4 Å². The lowest BCUT2D eigenvalue weighted by Crippen LogP contribution is -2.45. The molecule has 6 heteroatoms. The molecule has 0 fully saturated rings. The Balaban J connectivity index is 3.51. The highest BCUT2D eigenvalue weighted by atomic mass is 16.5. The second-order valence-electron chi connectivity index (χ2n) is 21.4. The highest BCUT2D eigenvalue weighted by Gasteiger charge is 2.20. The number of rotatable bonds is 58. The van der Waals surface area contributed by atoms with Crippen molar-refractivity contribution in [1.82, 2.24) is 5.32 Å². The van der Waals surface area contributed by atoms with Gasteiger partial charge in [0.1, 0.15) is 0 Å². The van der Waals surface area contributed by atoms with Crippen molar-refractivity contribution in [3.8, 4) is 0 Å². The quantitative estimate of drug-likeness (QED) is 0.0244. The molecule has 2 atom stereocenters. The maximum absolute atomic E-state index is 12.5. The van der Waals surface area contributed by atoms with Gasteiger partial charge in [-0.3, -0.25) is 9.59 Å². The van der Waals surface area contributed by atoms with E-state index in [1.165, 1.54) is 225 Å². The number of carbonyl (C=O) groups excluding carboxylic acids is 2. The average molecular weight is 985 g/mol. The predicted molar refractivity (Wildman–Crippen MR) is 306 cm³/mol. The molecule has 0 aliphatic heterocycles. The van der Waals surface area contributed by atoms with Crippen LogP contribution >= 0.6 is 0 Å². The van der Waals surface area contributed by atoms with Gasteiger partial charge in [0, 0.05) is 12.8 Å². The fourth-order valence-corrected chi connectivity index (χ4v) is 9.63. The minimum Gasteiger partial charge on any atom is -0.466 e. The normalized spacial score (nSPS) is 12.8. The molecule has 0 rings (SSSR count). The summed E-state index contributed by atoms with van der Waals surface area (Å²) in [7, 11) is 0. The first kappa shape index (κ1) is 68.1. The van der Waals surface area contributed by atoms with E-state index in [1.807, 2.05) is 0 Å². The van der Waals surface area contributed by atoms with Crippen molar-refractivity contribution in [2.45, 2.75) is 347 Å². The molecule has 0 aromatic carbocycles. The summed E-state index contributed by atoms with van der Waals surface area (Å²) < 4.78 is 5.45. The minimum absolute atomic E-state index is 0.0285. The Hall–Kier alpha value is -1.92. The van der Waals surface area contributed by atoms with Crippen LogP contribution in [0.15, 0.2) is 36.5 Å². The lowest BCUT2D eigenvalue weighted by atomic mass is 10.0. The summed E-state index contributed by atoms with van der Waals surface area (Å²) in [5.41, 5.74) is 0. The highest BCUT2D eigenvalue weighted by molar-refractivity contribution is 5.76. The van der Waals surface area contributed by atoms with Crippen molar-refractivity contribution in [3.05, 3.63) is 36.5 Å².